The molecule has 4 rings (SSSR count). The van der Waals surface area contributed by atoms with Crippen LogP contribution < -0.4 is 0 Å². The molecule has 2 heteroatoms. The third kappa shape index (κ3) is 6.21. The van der Waals surface area contributed by atoms with Gasteiger partial charge in [0.25, 0.3) is 0 Å². The standard InChI is InChI=1S/C32H46F2/c1-3-5-6-7-8-23-9-11-25(12-10-23)26-13-15-27(16-14-26)28-17-19-29(20-18-28)30-22-21-24(4-2)31(33)32(30)34/h3,5,19,21-23,25-28H,4,6-18,20H2,1-2H3. The van der Waals surface area contributed by atoms with E-state index in [9.17, 15) is 8.78 Å². The molecule has 0 radical (unpaired) electrons. The number of unbranched alkanes of at least 4 members (excludes halogenated alkanes) is 1. The third-order valence-corrected chi connectivity index (χ3v) is 9.60. The summed E-state index contributed by atoms with van der Waals surface area (Å²) in [5.74, 6) is 3.21. The Labute approximate surface area is 207 Å². The molecule has 0 nitrogen and oxygen atoms in total. The van der Waals surface area contributed by atoms with Crippen LogP contribution in [0, 0.1) is 41.2 Å². The smallest absolute Gasteiger partial charge is 0.166 e. The number of hydrogen-bond donors (Lipinski definition) is 0. The molecule has 3 aliphatic rings. The second-order valence-corrected chi connectivity index (χ2v) is 11.5. The van der Waals surface area contributed by atoms with Gasteiger partial charge in [-0.3, -0.25) is 0 Å². The van der Waals surface area contributed by atoms with Crippen molar-refractivity contribution in [3.63, 3.8) is 0 Å². The van der Waals surface area contributed by atoms with Crippen LogP contribution in [0.2, 0.25) is 0 Å². The van der Waals surface area contributed by atoms with Crippen LogP contribution in [0.5, 0.6) is 0 Å². The van der Waals surface area contributed by atoms with Gasteiger partial charge in [-0.1, -0.05) is 56.5 Å². The van der Waals surface area contributed by atoms with Crippen molar-refractivity contribution in [3.8, 4) is 0 Å². The number of aryl methyl sites for hydroxylation is 1. The average Bonchev–Trinajstić information content (AvgIpc) is 2.89. The summed E-state index contributed by atoms with van der Waals surface area (Å²) in [6, 6.07) is 3.56. The zero-order valence-corrected chi connectivity index (χ0v) is 21.6. The maximum absolute atomic E-state index is 14.6. The van der Waals surface area contributed by atoms with Gasteiger partial charge in [-0.05, 0) is 125 Å². The Hall–Kier alpha value is -1.44. The molecule has 0 saturated heterocycles. The summed E-state index contributed by atoms with van der Waals surface area (Å²) < 4.78 is 28.9. The van der Waals surface area contributed by atoms with E-state index < -0.39 is 11.6 Å². The van der Waals surface area contributed by atoms with Gasteiger partial charge in [0.05, 0.1) is 0 Å². The summed E-state index contributed by atoms with van der Waals surface area (Å²) in [6.07, 6.45) is 25.9. The summed E-state index contributed by atoms with van der Waals surface area (Å²) in [4.78, 5) is 0. The lowest BCUT2D eigenvalue weighted by molar-refractivity contribution is 0.120. The highest BCUT2D eigenvalue weighted by atomic mass is 19.2. The summed E-state index contributed by atoms with van der Waals surface area (Å²) in [7, 11) is 0. The van der Waals surface area contributed by atoms with E-state index in [0.29, 0.717) is 17.5 Å². The molecule has 0 aliphatic heterocycles. The second kappa shape index (κ2) is 12.5. The van der Waals surface area contributed by atoms with E-state index in [1.807, 2.05) is 6.92 Å². The minimum Gasteiger partial charge on any atom is -0.203 e. The lowest BCUT2D eigenvalue weighted by Gasteiger charge is -2.40. The molecular weight excluding hydrogens is 422 g/mol. The number of hydrogen-bond acceptors (Lipinski definition) is 0. The number of allylic oxidation sites excluding steroid dienone is 4. The number of rotatable bonds is 8. The molecule has 0 N–H and O–H groups in total. The largest absolute Gasteiger partial charge is 0.203 e. The van der Waals surface area contributed by atoms with Crippen molar-refractivity contribution in [2.45, 2.75) is 110 Å². The van der Waals surface area contributed by atoms with Gasteiger partial charge in [0.2, 0.25) is 0 Å². The van der Waals surface area contributed by atoms with Crippen LogP contribution in [-0.2, 0) is 6.42 Å². The molecule has 1 unspecified atom stereocenters. The Balaban J connectivity index is 1.21. The highest BCUT2D eigenvalue weighted by Gasteiger charge is 2.34. The van der Waals surface area contributed by atoms with Crippen molar-refractivity contribution in [3.05, 3.63) is 53.1 Å². The maximum Gasteiger partial charge on any atom is 0.166 e. The van der Waals surface area contributed by atoms with Gasteiger partial charge in [0, 0.05) is 5.56 Å². The molecule has 188 valence electrons. The molecule has 0 amide bonds. The molecule has 2 saturated carbocycles. The lowest BCUT2D eigenvalue weighted by atomic mass is 9.65. The monoisotopic (exact) mass is 468 g/mol. The summed E-state index contributed by atoms with van der Waals surface area (Å²) in [6.45, 7) is 3.99. The highest BCUT2D eigenvalue weighted by Crippen LogP contribution is 2.46. The molecule has 1 atom stereocenters. The van der Waals surface area contributed by atoms with E-state index in [-0.39, 0.29) is 0 Å². The molecule has 2 fully saturated rings. The minimum atomic E-state index is -0.649. The predicted octanol–water partition coefficient (Wildman–Crippen LogP) is 10.1. The van der Waals surface area contributed by atoms with Gasteiger partial charge in [0.15, 0.2) is 11.6 Å². The molecule has 0 spiro atoms. The van der Waals surface area contributed by atoms with Crippen molar-refractivity contribution in [1.82, 2.24) is 0 Å². The lowest BCUT2D eigenvalue weighted by Crippen LogP contribution is -2.28. The van der Waals surface area contributed by atoms with Crippen molar-refractivity contribution >= 4 is 5.57 Å². The van der Waals surface area contributed by atoms with E-state index in [0.717, 1.165) is 54.4 Å². The van der Waals surface area contributed by atoms with Gasteiger partial charge in [-0.25, -0.2) is 8.78 Å². The second-order valence-electron chi connectivity index (χ2n) is 11.5. The van der Waals surface area contributed by atoms with E-state index in [1.54, 1.807) is 12.1 Å². The Kier molecular flexibility index (Phi) is 9.43. The number of benzene rings is 1. The van der Waals surface area contributed by atoms with Crippen LogP contribution >= 0.6 is 0 Å². The van der Waals surface area contributed by atoms with Crippen LogP contribution in [-0.4, -0.2) is 0 Å². The van der Waals surface area contributed by atoms with Gasteiger partial charge in [0.1, 0.15) is 0 Å². The van der Waals surface area contributed by atoms with E-state index in [1.165, 1.54) is 70.6 Å². The molecule has 34 heavy (non-hydrogen) atoms. The molecule has 1 aromatic carbocycles. The summed E-state index contributed by atoms with van der Waals surface area (Å²) in [5.41, 5.74) is 1.99. The Bertz CT molecular complexity index is 835. The Morgan fingerprint density at radius 1 is 0.824 bits per heavy atom. The van der Waals surface area contributed by atoms with Crippen LogP contribution in [0.25, 0.3) is 5.57 Å². The van der Waals surface area contributed by atoms with Crippen LogP contribution in [0.15, 0.2) is 30.4 Å². The molecule has 0 heterocycles. The van der Waals surface area contributed by atoms with Crippen LogP contribution in [0.3, 0.4) is 0 Å². The molecule has 0 aromatic heterocycles. The first-order valence-electron chi connectivity index (χ1n) is 14.4. The summed E-state index contributed by atoms with van der Waals surface area (Å²) in [5, 5.41) is 0. The fourth-order valence-electron chi connectivity index (χ4n) is 7.36. The maximum atomic E-state index is 14.6. The van der Waals surface area contributed by atoms with E-state index >= 15 is 0 Å². The predicted molar refractivity (Wildman–Crippen MR) is 141 cm³/mol. The average molecular weight is 469 g/mol. The number of halogens is 2. The molecule has 1 aromatic rings. The first kappa shape index (κ1) is 25.6. The van der Waals surface area contributed by atoms with E-state index in [2.05, 4.69) is 25.2 Å². The summed E-state index contributed by atoms with van der Waals surface area (Å²) >= 11 is 0. The third-order valence-electron chi connectivity index (χ3n) is 9.60. The van der Waals surface area contributed by atoms with Gasteiger partial charge in [-0.2, -0.15) is 0 Å². The zero-order valence-electron chi connectivity index (χ0n) is 21.6. The van der Waals surface area contributed by atoms with Crippen LogP contribution in [0.1, 0.15) is 115 Å². The first-order valence-corrected chi connectivity index (χ1v) is 14.4. The van der Waals surface area contributed by atoms with Gasteiger partial charge in [-0.15, -0.1) is 0 Å². The fraction of sp³-hybridized carbons (Fsp3) is 0.688. The molecule has 0 bridgehead atoms. The SMILES string of the molecule is CC=CCCCC1CCC(C2CCC(C3CC=C(c4ccc(CC)c(F)c4F)CC3)CC2)CC1. The molecule has 3 aliphatic carbocycles. The van der Waals surface area contributed by atoms with Gasteiger partial charge >= 0.3 is 0 Å². The highest BCUT2D eigenvalue weighted by molar-refractivity contribution is 5.67. The van der Waals surface area contributed by atoms with Crippen molar-refractivity contribution < 1.29 is 8.78 Å². The first-order chi connectivity index (χ1) is 16.6. The zero-order chi connectivity index (χ0) is 23.9. The van der Waals surface area contributed by atoms with Crippen LogP contribution in [0.4, 0.5) is 8.78 Å². The topological polar surface area (TPSA) is 0 Å². The normalized spacial score (nSPS) is 30.5. The van der Waals surface area contributed by atoms with Crippen molar-refractivity contribution in [2.75, 3.05) is 0 Å². The fourth-order valence-corrected chi connectivity index (χ4v) is 7.36. The minimum absolute atomic E-state index is 0.477. The molecular formula is C32H46F2. The van der Waals surface area contributed by atoms with E-state index in [4.69, 9.17) is 0 Å². The van der Waals surface area contributed by atoms with Crippen molar-refractivity contribution in [1.29, 1.82) is 0 Å². The van der Waals surface area contributed by atoms with Crippen molar-refractivity contribution in [2.24, 2.45) is 29.6 Å². The Morgan fingerprint density at radius 3 is 2.06 bits per heavy atom. The van der Waals surface area contributed by atoms with Gasteiger partial charge < -0.3 is 0 Å². The quantitative estimate of drug-likeness (QED) is 0.263. The Morgan fingerprint density at radius 2 is 1.47 bits per heavy atom.